The lowest BCUT2D eigenvalue weighted by Gasteiger charge is -1.90. The van der Waals surface area contributed by atoms with Crippen LogP contribution < -0.4 is 0 Å². The van der Waals surface area contributed by atoms with Crippen LogP contribution in [0.15, 0.2) is 24.3 Å². The quantitative estimate of drug-likeness (QED) is 0.533. The van der Waals surface area contributed by atoms with Crippen molar-refractivity contribution >= 4 is 12.0 Å². The van der Waals surface area contributed by atoms with Crippen molar-refractivity contribution in [2.24, 2.45) is 0 Å². The highest BCUT2D eigenvalue weighted by molar-refractivity contribution is 5.84. The molecule has 0 aliphatic rings. The molecule has 0 spiro atoms. The topological polar surface area (TPSA) is 50.2 Å². The van der Waals surface area contributed by atoms with Crippen molar-refractivity contribution in [1.29, 1.82) is 0 Å². The zero-order valence-corrected chi connectivity index (χ0v) is 6.07. The Morgan fingerprint density at radius 1 is 1.58 bits per heavy atom. The molecule has 0 bridgehead atoms. The van der Waals surface area contributed by atoms with E-state index < -0.39 is 11.9 Å². The number of carbonyl (C=O) groups is 1. The van der Waals surface area contributed by atoms with Gasteiger partial charge < -0.3 is 5.11 Å². The van der Waals surface area contributed by atoms with Crippen LogP contribution in [-0.4, -0.2) is 16.1 Å². The molecule has 0 atom stereocenters. The number of aromatic nitrogens is 1. The van der Waals surface area contributed by atoms with E-state index in [0.29, 0.717) is 0 Å². The molecule has 0 aliphatic carbocycles. The fraction of sp³-hybridized carbons (Fsp3) is 0. The van der Waals surface area contributed by atoms with E-state index in [0.717, 1.165) is 6.08 Å². The molecule has 3 nitrogen and oxygen atoms in total. The average molecular weight is 167 g/mol. The smallest absolute Gasteiger partial charge is 0.328 e. The third kappa shape index (κ3) is 2.49. The van der Waals surface area contributed by atoms with E-state index in [1.165, 1.54) is 24.3 Å². The second-order valence-corrected chi connectivity index (χ2v) is 2.06. The molecule has 1 aromatic heterocycles. The molecule has 0 aromatic carbocycles. The standard InChI is InChI=1S/C8H6FNO2/c9-7-3-1-2-6(10-7)4-5-8(11)12/h1-5H,(H,11,12)/b5-4+. The first-order chi connectivity index (χ1) is 5.68. The number of halogens is 1. The van der Waals surface area contributed by atoms with Crippen LogP contribution in [0.2, 0.25) is 0 Å². The second kappa shape index (κ2) is 3.61. The van der Waals surface area contributed by atoms with Gasteiger partial charge in [-0.2, -0.15) is 4.39 Å². The molecule has 0 unspecified atom stereocenters. The third-order valence-electron chi connectivity index (χ3n) is 1.13. The molecule has 12 heavy (non-hydrogen) atoms. The predicted octanol–water partition coefficient (Wildman–Crippen LogP) is 1.32. The zero-order valence-electron chi connectivity index (χ0n) is 6.07. The van der Waals surface area contributed by atoms with Gasteiger partial charge in [-0.1, -0.05) is 6.07 Å². The minimum Gasteiger partial charge on any atom is -0.478 e. The Hall–Kier alpha value is -1.71. The maximum absolute atomic E-state index is 12.4. The lowest BCUT2D eigenvalue weighted by molar-refractivity contribution is -0.131. The fourth-order valence-corrected chi connectivity index (χ4v) is 0.673. The van der Waals surface area contributed by atoms with Gasteiger partial charge in [-0.15, -0.1) is 0 Å². The molecule has 4 heteroatoms. The Labute approximate surface area is 68.2 Å². The number of hydrogen-bond donors (Lipinski definition) is 1. The van der Waals surface area contributed by atoms with Gasteiger partial charge in [0.1, 0.15) is 0 Å². The zero-order chi connectivity index (χ0) is 8.97. The van der Waals surface area contributed by atoms with Crippen molar-refractivity contribution in [1.82, 2.24) is 4.98 Å². The number of hydrogen-bond acceptors (Lipinski definition) is 2. The lowest BCUT2D eigenvalue weighted by Crippen LogP contribution is -1.88. The molecular weight excluding hydrogens is 161 g/mol. The van der Waals surface area contributed by atoms with Gasteiger partial charge in [0.25, 0.3) is 0 Å². The van der Waals surface area contributed by atoms with Crippen LogP contribution in [0.3, 0.4) is 0 Å². The largest absolute Gasteiger partial charge is 0.478 e. The molecule has 1 N–H and O–H groups in total. The highest BCUT2D eigenvalue weighted by atomic mass is 19.1. The summed E-state index contributed by atoms with van der Waals surface area (Å²) in [5.41, 5.74) is 0.289. The maximum Gasteiger partial charge on any atom is 0.328 e. The Morgan fingerprint density at radius 2 is 2.33 bits per heavy atom. The van der Waals surface area contributed by atoms with Gasteiger partial charge in [0.15, 0.2) is 0 Å². The minimum atomic E-state index is -1.08. The first kappa shape index (κ1) is 8.39. The molecule has 0 amide bonds. The van der Waals surface area contributed by atoms with Gasteiger partial charge in [0, 0.05) is 6.08 Å². The summed E-state index contributed by atoms with van der Waals surface area (Å²) in [6, 6.07) is 4.17. The van der Waals surface area contributed by atoms with Gasteiger partial charge in [-0.3, -0.25) is 0 Å². The molecule has 0 saturated carbocycles. The third-order valence-corrected chi connectivity index (χ3v) is 1.13. The molecule has 62 valence electrons. The second-order valence-electron chi connectivity index (χ2n) is 2.06. The highest BCUT2D eigenvalue weighted by Crippen LogP contribution is 1.99. The normalized spacial score (nSPS) is 10.4. The number of pyridine rings is 1. The summed E-state index contributed by atoms with van der Waals surface area (Å²) in [5, 5.41) is 8.24. The van der Waals surface area contributed by atoms with E-state index >= 15 is 0 Å². The van der Waals surface area contributed by atoms with Crippen molar-refractivity contribution in [3.63, 3.8) is 0 Å². The Morgan fingerprint density at radius 3 is 2.92 bits per heavy atom. The van der Waals surface area contributed by atoms with Gasteiger partial charge in [0.2, 0.25) is 5.95 Å². The van der Waals surface area contributed by atoms with E-state index in [2.05, 4.69) is 4.98 Å². The van der Waals surface area contributed by atoms with Crippen molar-refractivity contribution in [3.05, 3.63) is 35.9 Å². The van der Waals surface area contributed by atoms with E-state index in [4.69, 9.17) is 5.11 Å². The summed E-state index contributed by atoms with van der Waals surface area (Å²) < 4.78 is 12.4. The Bertz CT molecular complexity index is 323. The van der Waals surface area contributed by atoms with Crippen LogP contribution in [0.1, 0.15) is 5.69 Å². The lowest BCUT2D eigenvalue weighted by atomic mass is 10.3. The van der Waals surface area contributed by atoms with E-state index in [1.807, 2.05) is 0 Å². The summed E-state index contributed by atoms with van der Waals surface area (Å²) in [5.74, 6) is -1.70. The Kier molecular flexibility index (Phi) is 2.53. The van der Waals surface area contributed by atoms with E-state index in [-0.39, 0.29) is 5.69 Å². The van der Waals surface area contributed by atoms with E-state index in [9.17, 15) is 9.18 Å². The summed E-state index contributed by atoms with van der Waals surface area (Å²) >= 11 is 0. The highest BCUT2D eigenvalue weighted by Gasteiger charge is 1.92. The van der Waals surface area contributed by atoms with Crippen LogP contribution in [0.25, 0.3) is 6.08 Å². The molecule has 0 saturated heterocycles. The van der Waals surface area contributed by atoms with Crippen LogP contribution >= 0.6 is 0 Å². The molecule has 1 rings (SSSR count). The van der Waals surface area contributed by atoms with Crippen LogP contribution in [0.5, 0.6) is 0 Å². The van der Waals surface area contributed by atoms with Gasteiger partial charge in [0.05, 0.1) is 5.69 Å². The number of carboxylic acids is 1. The predicted molar refractivity (Wildman–Crippen MR) is 40.9 cm³/mol. The molecule has 1 heterocycles. The number of carboxylic acid groups (broad SMARTS) is 1. The molecule has 0 radical (unpaired) electrons. The van der Waals surface area contributed by atoms with Crippen LogP contribution in [-0.2, 0) is 4.79 Å². The van der Waals surface area contributed by atoms with Gasteiger partial charge >= 0.3 is 5.97 Å². The van der Waals surface area contributed by atoms with Crippen molar-refractivity contribution < 1.29 is 14.3 Å². The van der Waals surface area contributed by atoms with E-state index in [1.54, 1.807) is 0 Å². The Balaban J connectivity index is 2.83. The first-order valence-corrected chi connectivity index (χ1v) is 3.22. The number of nitrogens with zero attached hydrogens (tertiary/aromatic N) is 1. The molecule has 1 aromatic rings. The van der Waals surface area contributed by atoms with Crippen LogP contribution in [0.4, 0.5) is 4.39 Å². The number of rotatable bonds is 2. The molecular formula is C8H6FNO2. The average Bonchev–Trinajstić information content (AvgIpc) is 2.01. The summed E-state index contributed by atoms with van der Waals surface area (Å²) in [7, 11) is 0. The maximum atomic E-state index is 12.4. The van der Waals surface area contributed by atoms with Crippen molar-refractivity contribution in [2.45, 2.75) is 0 Å². The SMILES string of the molecule is O=C(O)/C=C/c1cccc(F)n1. The molecule has 0 aliphatic heterocycles. The summed E-state index contributed by atoms with van der Waals surface area (Å²) in [6.07, 6.45) is 2.13. The van der Waals surface area contributed by atoms with Crippen molar-refractivity contribution in [3.8, 4) is 0 Å². The summed E-state index contributed by atoms with van der Waals surface area (Å²) in [6.45, 7) is 0. The van der Waals surface area contributed by atoms with Crippen molar-refractivity contribution in [2.75, 3.05) is 0 Å². The van der Waals surface area contributed by atoms with Gasteiger partial charge in [-0.25, -0.2) is 9.78 Å². The summed E-state index contributed by atoms with van der Waals surface area (Å²) in [4.78, 5) is 13.5. The monoisotopic (exact) mass is 167 g/mol. The number of aliphatic carboxylic acids is 1. The minimum absolute atomic E-state index is 0.289. The molecule has 0 fully saturated rings. The first-order valence-electron chi connectivity index (χ1n) is 3.22. The van der Waals surface area contributed by atoms with Crippen LogP contribution in [0, 0.1) is 5.95 Å². The van der Waals surface area contributed by atoms with Gasteiger partial charge in [-0.05, 0) is 18.2 Å². The fourth-order valence-electron chi connectivity index (χ4n) is 0.673.